The molecule has 7 aliphatic rings. The van der Waals surface area contributed by atoms with Gasteiger partial charge in [0.2, 0.25) is 6.29 Å². The van der Waals surface area contributed by atoms with Gasteiger partial charge < -0.3 is 99.9 Å². The van der Waals surface area contributed by atoms with Gasteiger partial charge in [0, 0.05) is 17.3 Å². The van der Waals surface area contributed by atoms with Gasteiger partial charge in [-0.1, -0.05) is 13.3 Å². The van der Waals surface area contributed by atoms with Gasteiger partial charge in [-0.05, 0) is 56.8 Å². The highest BCUT2D eigenvalue weighted by Gasteiger charge is 2.74. The zero-order chi connectivity index (χ0) is 43.1. The van der Waals surface area contributed by atoms with Crippen LogP contribution in [0.25, 0.3) is 0 Å². The van der Waals surface area contributed by atoms with Crippen molar-refractivity contribution in [3.63, 3.8) is 0 Å². The van der Waals surface area contributed by atoms with E-state index in [1.165, 1.54) is 0 Å². The lowest BCUT2D eigenvalue weighted by atomic mass is 9.39. The molecule has 59 heavy (non-hydrogen) atoms. The van der Waals surface area contributed by atoms with Gasteiger partial charge in [0.05, 0.1) is 49.7 Å². The average molecular weight is 855 g/mol. The molecule has 3 heterocycles. The molecule has 4 saturated carbocycles. The number of hydrogen-bond acceptors (Lipinski definition) is 21. The highest BCUT2D eigenvalue weighted by atomic mass is 16.8. The van der Waals surface area contributed by atoms with E-state index in [-0.39, 0.29) is 38.2 Å². The maximum absolute atomic E-state index is 14.6. The van der Waals surface area contributed by atoms with E-state index >= 15 is 0 Å². The lowest BCUT2D eigenvalue weighted by molar-refractivity contribution is -0.364. The van der Waals surface area contributed by atoms with Crippen molar-refractivity contribution < 1.29 is 105 Å². The summed E-state index contributed by atoms with van der Waals surface area (Å²) in [5.41, 5.74) is -4.77. The lowest BCUT2D eigenvalue weighted by Gasteiger charge is -2.66. The number of esters is 1. The van der Waals surface area contributed by atoms with Crippen LogP contribution in [0.4, 0.5) is 0 Å². The van der Waals surface area contributed by atoms with Gasteiger partial charge in [0.1, 0.15) is 67.1 Å². The van der Waals surface area contributed by atoms with Crippen LogP contribution in [-0.2, 0) is 33.2 Å². The van der Waals surface area contributed by atoms with Crippen molar-refractivity contribution in [2.24, 2.45) is 34.0 Å². The predicted octanol–water partition coefficient (Wildman–Crippen LogP) is -5.94. The Kier molecular flexibility index (Phi) is 12.9. The average Bonchev–Trinajstić information content (AvgIpc) is 3.43. The molecule has 4 aliphatic carbocycles. The van der Waals surface area contributed by atoms with Crippen molar-refractivity contribution >= 4 is 5.97 Å². The number of hydrogen-bond donors (Lipinski definition) is 14. The van der Waals surface area contributed by atoms with Gasteiger partial charge in [-0.2, -0.15) is 0 Å². The third kappa shape index (κ3) is 7.28. The van der Waals surface area contributed by atoms with Gasteiger partial charge in [-0.15, -0.1) is 0 Å². The van der Waals surface area contributed by atoms with Crippen molar-refractivity contribution in [1.82, 2.24) is 0 Å². The summed E-state index contributed by atoms with van der Waals surface area (Å²) in [5, 5.41) is 150. The third-order valence-electron chi connectivity index (χ3n) is 15.4. The molecule has 1 spiro atoms. The van der Waals surface area contributed by atoms with Gasteiger partial charge in [0.25, 0.3) is 0 Å². The molecule has 21 nitrogen and oxygen atoms in total. The van der Waals surface area contributed by atoms with E-state index in [4.69, 9.17) is 28.4 Å². The summed E-state index contributed by atoms with van der Waals surface area (Å²) in [6, 6.07) is 0. The molecule has 3 aliphatic heterocycles. The largest absolute Gasteiger partial charge is 0.432 e. The third-order valence-corrected chi connectivity index (χ3v) is 15.4. The van der Waals surface area contributed by atoms with Crippen LogP contribution in [0.3, 0.4) is 0 Å². The van der Waals surface area contributed by atoms with Crippen molar-refractivity contribution in [3.8, 4) is 0 Å². The summed E-state index contributed by atoms with van der Waals surface area (Å²) in [5.74, 6) is -2.85. The molecule has 340 valence electrons. The minimum atomic E-state index is -1.94. The second-order valence-electron chi connectivity index (χ2n) is 18.6. The summed E-state index contributed by atoms with van der Waals surface area (Å²) in [7, 11) is 0. The highest BCUT2D eigenvalue weighted by Crippen LogP contribution is 2.73. The Hall–Kier alpha value is -1.29. The highest BCUT2D eigenvalue weighted by molar-refractivity contribution is 5.77. The number of ether oxygens (including phenoxy) is 6. The van der Waals surface area contributed by atoms with Crippen molar-refractivity contribution in [3.05, 3.63) is 0 Å². The van der Waals surface area contributed by atoms with Crippen LogP contribution in [0, 0.1) is 34.0 Å². The molecule has 3 saturated heterocycles. The molecule has 0 aromatic heterocycles. The summed E-state index contributed by atoms with van der Waals surface area (Å²) >= 11 is 0. The molecular weight excluding hydrogens is 792 g/mol. The van der Waals surface area contributed by atoms with E-state index in [2.05, 4.69) is 0 Å². The van der Waals surface area contributed by atoms with E-state index in [1.54, 1.807) is 6.92 Å². The fraction of sp³-hybridized carbons (Fsp3) is 0.974. The van der Waals surface area contributed by atoms with Crippen LogP contribution in [0.1, 0.15) is 58.8 Å². The Morgan fingerprint density at radius 2 is 1.20 bits per heavy atom. The fourth-order valence-electron chi connectivity index (χ4n) is 12.4. The minimum Gasteiger partial charge on any atom is -0.432 e. The van der Waals surface area contributed by atoms with Crippen LogP contribution in [0.15, 0.2) is 0 Å². The molecule has 0 radical (unpaired) electrons. The Labute approximate surface area is 339 Å². The number of carbonyl (C=O) groups excluding carboxylic acids is 1. The molecule has 2 bridgehead atoms. The fourth-order valence-corrected chi connectivity index (χ4v) is 12.4. The van der Waals surface area contributed by atoms with Crippen molar-refractivity contribution in [2.75, 3.05) is 26.4 Å². The second-order valence-corrected chi connectivity index (χ2v) is 18.6. The standard InChI is InChI=1S/C38H62O21/c1-35-5-3-6-36(2,34(52)59-33-28(24(47)21(44)17(11-41)57-33)58-32-26(49)23(46)20(43)16(10-40)56-32)29(35)27(50)30(51)37-8-14(38(53,13-37)7-4-18(35)37)12-54-31-25(48)22(45)19(42)15(9-39)55-31/h14-33,39-51,53H,3-13H2,1-2H3. The normalized spacial score (nSPS) is 56.2. The Morgan fingerprint density at radius 1 is 0.661 bits per heavy atom. The molecule has 7 fully saturated rings. The topological polar surface area (TPSA) is 356 Å². The SMILES string of the molecule is CC1(C(=O)OC2OC(CO)C(O)C(O)C2OC2OC(CO)C(O)C(O)C2O)CCCC2(C)C1C(O)C(O)C13CC(COC4OC(CO)C(O)C(O)C4O)C(O)(CCC21)C3. The molecule has 21 heteroatoms. The molecule has 24 unspecified atom stereocenters. The maximum Gasteiger partial charge on any atom is 0.314 e. The molecule has 0 aromatic rings. The van der Waals surface area contributed by atoms with Gasteiger partial charge in [-0.25, -0.2) is 0 Å². The van der Waals surface area contributed by atoms with Gasteiger partial charge in [-0.3, -0.25) is 4.79 Å². The quantitative estimate of drug-likeness (QED) is 0.0910. The minimum absolute atomic E-state index is 0.0880. The first-order valence-corrected chi connectivity index (χ1v) is 20.5. The second kappa shape index (κ2) is 16.7. The van der Waals surface area contributed by atoms with Gasteiger partial charge in [0.15, 0.2) is 18.7 Å². The number of rotatable bonds is 10. The molecule has 24 atom stereocenters. The Morgan fingerprint density at radius 3 is 1.80 bits per heavy atom. The molecule has 7 rings (SSSR count). The van der Waals surface area contributed by atoms with E-state index in [9.17, 15) is 76.3 Å². The van der Waals surface area contributed by atoms with Crippen molar-refractivity contribution in [1.29, 1.82) is 0 Å². The van der Waals surface area contributed by atoms with E-state index in [0.717, 1.165) is 0 Å². The van der Waals surface area contributed by atoms with Crippen LogP contribution >= 0.6 is 0 Å². The summed E-state index contributed by atoms with van der Waals surface area (Å²) in [4.78, 5) is 14.6. The number of aliphatic hydroxyl groups is 14. The number of fused-ring (bicyclic) bond motifs is 3. The maximum atomic E-state index is 14.6. The lowest BCUT2D eigenvalue weighted by Crippen LogP contribution is -2.70. The zero-order valence-electron chi connectivity index (χ0n) is 32.9. The first-order valence-electron chi connectivity index (χ1n) is 20.5. The Bertz CT molecular complexity index is 1490. The summed E-state index contributed by atoms with van der Waals surface area (Å²) < 4.78 is 34.2. The van der Waals surface area contributed by atoms with Crippen LogP contribution in [0.2, 0.25) is 0 Å². The molecular formula is C38H62O21. The number of carbonyl (C=O) groups is 1. The first-order chi connectivity index (χ1) is 27.7. The summed E-state index contributed by atoms with van der Waals surface area (Å²) in [6.45, 7) is 1.05. The van der Waals surface area contributed by atoms with Gasteiger partial charge >= 0.3 is 5.97 Å². The monoisotopic (exact) mass is 854 g/mol. The van der Waals surface area contributed by atoms with Crippen LogP contribution in [-0.4, -0.2) is 214 Å². The molecule has 14 N–H and O–H groups in total. The Balaban J connectivity index is 1.11. The predicted molar refractivity (Wildman–Crippen MR) is 191 cm³/mol. The molecule has 0 amide bonds. The van der Waals surface area contributed by atoms with E-state index < -0.39 is 164 Å². The van der Waals surface area contributed by atoms with E-state index in [0.29, 0.717) is 19.3 Å². The summed E-state index contributed by atoms with van der Waals surface area (Å²) in [6.07, 6.45) is -26.1. The van der Waals surface area contributed by atoms with Crippen molar-refractivity contribution in [2.45, 2.75) is 169 Å². The van der Waals surface area contributed by atoms with Crippen LogP contribution in [0.5, 0.6) is 0 Å². The smallest absolute Gasteiger partial charge is 0.314 e. The van der Waals surface area contributed by atoms with E-state index in [1.807, 2.05) is 6.92 Å². The zero-order valence-corrected chi connectivity index (χ0v) is 32.9. The van der Waals surface area contributed by atoms with Crippen LogP contribution < -0.4 is 0 Å². The number of aliphatic hydroxyl groups excluding tert-OH is 13. The first kappa shape index (κ1) is 45.7. The molecule has 0 aromatic carbocycles.